The van der Waals surface area contributed by atoms with Crippen molar-refractivity contribution in [1.29, 1.82) is 0 Å². The van der Waals surface area contributed by atoms with Crippen LogP contribution >= 0.6 is 11.6 Å². The zero-order valence-corrected chi connectivity index (χ0v) is 15.5. The van der Waals surface area contributed by atoms with Crippen molar-refractivity contribution in [3.8, 4) is 0 Å². The first kappa shape index (κ1) is 19.6. The number of fused-ring (bicyclic) bond motifs is 2. The Morgan fingerprint density at radius 1 is 1.50 bits per heavy atom. The quantitative estimate of drug-likeness (QED) is 0.225. The highest BCUT2D eigenvalue weighted by atomic mass is 35.5. The molecule has 14 heteroatoms. The summed E-state index contributed by atoms with van der Waals surface area (Å²) in [5, 5.41) is 28.8. The lowest BCUT2D eigenvalue weighted by atomic mass is 9.79. The minimum Gasteiger partial charge on any atom is -0.479 e. The van der Waals surface area contributed by atoms with Gasteiger partial charge in [-0.15, -0.1) is 0 Å². The molecule has 0 spiro atoms. The Bertz CT molecular complexity index is 816. The number of alkyl halides is 1. The number of ether oxygens (including phenoxy) is 2. The normalized spacial score (nSPS) is 45.9. The largest absolute Gasteiger partial charge is 0.479 e. The fraction of sp³-hybridized carbons (Fsp3) is 0.714. The molecule has 4 rings (SSSR count). The van der Waals surface area contributed by atoms with Crippen molar-refractivity contribution in [3.05, 3.63) is 0 Å². The SMILES string of the molecule is C[C@]12OOCO[C@@]1(N1CN=C3C1=NC=NC3(N)Cl)O[C@H](C(O)C(=O)O)[C@@]2(C)O. The maximum absolute atomic E-state index is 11.4. The van der Waals surface area contributed by atoms with Gasteiger partial charge in [-0.2, -0.15) is 0 Å². The number of carboxylic acids is 1. The second-order valence-electron chi connectivity index (χ2n) is 6.99. The van der Waals surface area contributed by atoms with Crippen molar-refractivity contribution in [2.24, 2.45) is 20.7 Å². The van der Waals surface area contributed by atoms with Crippen LogP contribution in [-0.2, 0) is 24.0 Å². The summed E-state index contributed by atoms with van der Waals surface area (Å²) >= 11 is 6.17. The van der Waals surface area contributed by atoms with Gasteiger partial charge in [0, 0.05) is 0 Å². The molecule has 2 unspecified atom stereocenters. The van der Waals surface area contributed by atoms with E-state index in [4.69, 9.17) is 36.6 Å². The Morgan fingerprint density at radius 2 is 2.21 bits per heavy atom. The minimum absolute atomic E-state index is 0.119. The summed E-state index contributed by atoms with van der Waals surface area (Å²) in [5.41, 5.74) is 2.11. The molecule has 5 N–H and O–H groups in total. The van der Waals surface area contributed by atoms with Crippen molar-refractivity contribution in [3.63, 3.8) is 0 Å². The zero-order chi connectivity index (χ0) is 20.5. The smallest absolute Gasteiger partial charge is 0.335 e. The maximum atomic E-state index is 11.4. The van der Waals surface area contributed by atoms with Crippen LogP contribution in [0, 0.1) is 0 Å². The van der Waals surface area contributed by atoms with Crippen LogP contribution < -0.4 is 5.73 Å². The molecule has 28 heavy (non-hydrogen) atoms. The van der Waals surface area contributed by atoms with Gasteiger partial charge in [-0.3, -0.25) is 15.6 Å². The standard InChI is InChI=1S/C14H18ClN5O8/c1-11(24)8(6(21)10(22)23)27-14(12(11,2)28-26-5-25-14)20-4-18-7-9(20)17-3-19-13(7,15)16/h3,6,8,21,24H,4-5,16H2,1-2H3,(H,22,23)/t6?,8-,11-,12-,13?,14-/m1/s1. The fourth-order valence-electron chi connectivity index (χ4n) is 3.71. The number of carbonyl (C=O) groups is 1. The number of hydrogen-bond donors (Lipinski definition) is 4. The Labute approximate surface area is 162 Å². The van der Waals surface area contributed by atoms with Gasteiger partial charge >= 0.3 is 5.97 Å². The van der Waals surface area contributed by atoms with E-state index < -0.39 is 47.2 Å². The van der Waals surface area contributed by atoms with Gasteiger partial charge in [0.1, 0.15) is 30.4 Å². The van der Waals surface area contributed by atoms with E-state index >= 15 is 0 Å². The van der Waals surface area contributed by atoms with E-state index in [0.717, 1.165) is 6.34 Å². The fourth-order valence-corrected chi connectivity index (χ4v) is 3.90. The Morgan fingerprint density at radius 3 is 2.89 bits per heavy atom. The van der Waals surface area contributed by atoms with Crippen LogP contribution in [0.15, 0.2) is 15.0 Å². The van der Waals surface area contributed by atoms with E-state index in [1.165, 1.54) is 18.7 Å². The summed E-state index contributed by atoms with van der Waals surface area (Å²) in [6.07, 6.45) is -2.62. The molecule has 154 valence electrons. The lowest BCUT2D eigenvalue weighted by Gasteiger charge is -2.50. The molecule has 2 fully saturated rings. The van der Waals surface area contributed by atoms with Gasteiger partial charge in [0.15, 0.2) is 18.7 Å². The van der Waals surface area contributed by atoms with Gasteiger partial charge < -0.3 is 24.8 Å². The molecule has 4 aliphatic heterocycles. The van der Waals surface area contributed by atoms with Gasteiger partial charge in [-0.1, -0.05) is 11.6 Å². The van der Waals surface area contributed by atoms with E-state index in [2.05, 4.69) is 15.0 Å². The summed E-state index contributed by atoms with van der Waals surface area (Å²) in [6, 6.07) is 0. The second-order valence-corrected chi connectivity index (χ2v) is 7.57. The highest BCUT2D eigenvalue weighted by Crippen LogP contribution is 2.54. The Kier molecular flexibility index (Phi) is 4.13. The molecular formula is C14H18ClN5O8. The number of carboxylic acid groups (broad SMARTS) is 1. The van der Waals surface area contributed by atoms with E-state index in [0.29, 0.717) is 0 Å². The number of amidine groups is 1. The van der Waals surface area contributed by atoms with Crippen molar-refractivity contribution >= 4 is 35.5 Å². The van der Waals surface area contributed by atoms with Crippen molar-refractivity contribution in [2.75, 3.05) is 13.5 Å². The van der Waals surface area contributed by atoms with E-state index in [1.54, 1.807) is 0 Å². The monoisotopic (exact) mass is 419 g/mol. The van der Waals surface area contributed by atoms with Gasteiger partial charge in [0.25, 0.3) is 5.91 Å². The number of aliphatic hydroxyl groups excluding tert-OH is 1. The average Bonchev–Trinajstić information content (AvgIpc) is 3.12. The van der Waals surface area contributed by atoms with Crippen molar-refractivity contribution in [2.45, 2.75) is 48.3 Å². The molecule has 0 radical (unpaired) electrons. The molecule has 0 bridgehead atoms. The lowest BCUT2D eigenvalue weighted by Crippen LogP contribution is -2.72. The predicted octanol–water partition coefficient (Wildman–Crippen LogP) is -2.06. The van der Waals surface area contributed by atoms with Crippen LogP contribution in [0.3, 0.4) is 0 Å². The van der Waals surface area contributed by atoms with Crippen LogP contribution in [0.1, 0.15) is 13.8 Å². The maximum Gasteiger partial charge on any atom is 0.335 e. The summed E-state index contributed by atoms with van der Waals surface area (Å²) in [6.45, 7) is 2.06. The molecule has 6 atom stereocenters. The van der Waals surface area contributed by atoms with Gasteiger partial charge in [-0.05, 0) is 13.8 Å². The third-order valence-electron chi connectivity index (χ3n) is 5.43. The van der Waals surface area contributed by atoms with E-state index in [9.17, 15) is 20.1 Å². The van der Waals surface area contributed by atoms with Crippen molar-refractivity contribution < 1.29 is 39.4 Å². The van der Waals surface area contributed by atoms with Gasteiger partial charge in [0.2, 0.25) is 10.7 Å². The molecule has 0 aromatic rings. The second kappa shape index (κ2) is 5.90. The van der Waals surface area contributed by atoms with Crippen LogP contribution in [0.5, 0.6) is 0 Å². The third kappa shape index (κ3) is 2.26. The minimum atomic E-state index is -2.10. The number of hydrogen-bond acceptors (Lipinski definition) is 12. The predicted molar refractivity (Wildman–Crippen MR) is 91.2 cm³/mol. The van der Waals surface area contributed by atoms with Gasteiger partial charge in [0.05, 0.1) is 0 Å². The number of rotatable bonds is 3. The number of nitrogens with two attached hydrogens (primary N) is 1. The van der Waals surface area contributed by atoms with Crippen molar-refractivity contribution in [1.82, 2.24) is 4.90 Å². The summed E-state index contributed by atoms with van der Waals surface area (Å²) < 4.78 is 11.5. The summed E-state index contributed by atoms with van der Waals surface area (Å²) in [7, 11) is 0. The lowest BCUT2D eigenvalue weighted by molar-refractivity contribution is -0.528. The number of aliphatic hydroxyl groups is 2. The topological polar surface area (TPSA) is 181 Å². The van der Waals surface area contributed by atoms with Gasteiger partial charge in [-0.25, -0.2) is 24.6 Å². The number of aliphatic carboxylic acids is 1. The first-order chi connectivity index (χ1) is 13.0. The number of aliphatic imine (C=N–C) groups is 3. The molecule has 4 heterocycles. The molecule has 0 aromatic carbocycles. The molecule has 0 aromatic heterocycles. The summed E-state index contributed by atoms with van der Waals surface area (Å²) in [5.74, 6) is -3.45. The van der Waals surface area contributed by atoms with Crippen LogP contribution in [0.4, 0.5) is 0 Å². The number of halogens is 1. The van der Waals surface area contributed by atoms with E-state index in [1.807, 2.05) is 0 Å². The molecule has 4 aliphatic rings. The van der Waals surface area contributed by atoms with Crippen LogP contribution in [0.2, 0.25) is 0 Å². The molecule has 0 saturated carbocycles. The summed E-state index contributed by atoms with van der Waals surface area (Å²) in [4.78, 5) is 35.2. The van der Waals surface area contributed by atoms with Crippen LogP contribution in [0.25, 0.3) is 0 Å². The molecule has 13 nitrogen and oxygen atoms in total. The van der Waals surface area contributed by atoms with E-state index in [-0.39, 0.29) is 18.2 Å². The number of nitrogens with zero attached hydrogens (tertiary/aromatic N) is 4. The molecular weight excluding hydrogens is 402 g/mol. The first-order valence-corrected chi connectivity index (χ1v) is 8.53. The Balaban J connectivity index is 1.82. The zero-order valence-electron chi connectivity index (χ0n) is 14.8. The average molecular weight is 420 g/mol. The highest BCUT2D eigenvalue weighted by Gasteiger charge is 2.79. The highest BCUT2D eigenvalue weighted by molar-refractivity contribution is 6.56. The van der Waals surface area contributed by atoms with Crippen LogP contribution in [-0.4, -0.2) is 92.0 Å². The molecule has 2 saturated heterocycles. The molecule has 0 amide bonds. The Hall–Kier alpha value is -1.71. The first-order valence-electron chi connectivity index (χ1n) is 8.16. The third-order valence-corrected chi connectivity index (χ3v) is 5.70. The molecule has 0 aliphatic carbocycles.